The molecule has 0 saturated carbocycles. The number of thioether (sulfide) groups is 1. The topological polar surface area (TPSA) is 90.6 Å². The van der Waals surface area contributed by atoms with Gasteiger partial charge in [0.05, 0.1) is 26.2 Å². The Kier molecular flexibility index (Phi) is 7.44. The maximum absolute atomic E-state index is 12.4. The first-order chi connectivity index (χ1) is 16.6. The lowest BCUT2D eigenvalue weighted by Gasteiger charge is -2.10. The van der Waals surface area contributed by atoms with Gasteiger partial charge in [0.15, 0.2) is 22.5 Å². The molecule has 0 unspecified atom stereocenters. The highest BCUT2D eigenvalue weighted by molar-refractivity contribution is 7.99. The lowest BCUT2D eigenvalue weighted by Crippen LogP contribution is -2.20. The van der Waals surface area contributed by atoms with E-state index >= 15 is 0 Å². The Hall–Kier alpha value is -3.85. The Balaban J connectivity index is 1.41. The number of benzene rings is 3. The van der Waals surface area contributed by atoms with Crippen LogP contribution in [0.4, 0.5) is 0 Å². The zero-order valence-electron chi connectivity index (χ0n) is 19.2. The molecule has 4 aromatic rings. The molecule has 34 heavy (non-hydrogen) atoms. The number of ether oxygens (including phenoxy) is 2. The van der Waals surface area contributed by atoms with E-state index in [9.17, 15) is 4.79 Å². The number of nitrogens with zero attached hydrogens (tertiary/aromatic N) is 4. The fourth-order valence-corrected chi connectivity index (χ4v) is 4.36. The highest BCUT2D eigenvalue weighted by Crippen LogP contribution is 2.32. The van der Waals surface area contributed by atoms with E-state index in [1.165, 1.54) is 11.8 Å². The fourth-order valence-electron chi connectivity index (χ4n) is 3.57. The Morgan fingerprint density at radius 3 is 2.65 bits per heavy atom. The molecule has 0 saturated heterocycles. The van der Waals surface area contributed by atoms with Gasteiger partial charge in [0, 0.05) is 17.7 Å². The van der Waals surface area contributed by atoms with Crippen molar-refractivity contribution in [2.75, 3.05) is 20.0 Å². The van der Waals surface area contributed by atoms with E-state index in [0.717, 1.165) is 21.9 Å². The zero-order valence-corrected chi connectivity index (χ0v) is 20.0. The Morgan fingerprint density at radius 2 is 1.85 bits per heavy atom. The van der Waals surface area contributed by atoms with Crippen LogP contribution in [0.25, 0.3) is 22.2 Å². The van der Waals surface area contributed by atoms with Crippen molar-refractivity contribution in [1.29, 1.82) is 0 Å². The predicted octanol–water partition coefficient (Wildman–Crippen LogP) is 4.38. The number of carbonyl (C=O) groups is 1. The van der Waals surface area contributed by atoms with Gasteiger partial charge in [-0.25, -0.2) is 5.43 Å². The molecule has 0 aliphatic rings. The minimum absolute atomic E-state index is 0.164. The monoisotopic (exact) mass is 475 g/mol. The molecule has 0 radical (unpaired) electrons. The molecule has 0 fully saturated rings. The van der Waals surface area contributed by atoms with Crippen LogP contribution >= 0.6 is 11.8 Å². The Bertz CT molecular complexity index is 1330. The number of hydrazone groups is 1. The number of hydrogen-bond donors (Lipinski definition) is 1. The summed E-state index contributed by atoms with van der Waals surface area (Å²) in [5.41, 5.74) is 4.38. The van der Waals surface area contributed by atoms with E-state index in [0.29, 0.717) is 29.0 Å². The van der Waals surface area contributed by atoms with Gasteiger partial charge in [0.2, 0.25) is 0 Å². The van der Waals surface area contributed by atoms with Crippen LogP contribution in [0.1, 0.15) is 12.5 Å². The van der Waals surface area contributed by atoms with Crippen LogP contribution in [0.15, 0.2) is 70.9 Å². The van der Waals surface area contributed by atoms with Crippen LogP contribution in [0.3, 0.4) is 0 Å². The Morgan fingerprint density at radius 1 is 1.06 bits per heavy atom. The summed E-state index contributed by atoms with van der Waals surface area (Å²) in [7, 11) is 3.19. The first-order valence-corrected chi connectivity index (χ1v) is 11.7. The van der Waals surface area contributed by atoms with E-state index in [4.69, 9.17) is 9.47 Å². The normalized spacial score (nSPS) is 11.1. The first kappa shape index (κ1) is 23.3. The third kappa shape index (κ3) is 5.04. The average Bonchev–Trinajstić information content (AvgIpc) is 3.30. The largest absolute Gasteiger partial charge is 0.493 e. The van der Waals surface area contributed by atoms with Gasteiger partial charge in [-0.15, -0.1) is 10.2 Å². The van der Waals surface area contributed by atoms with E-state index in [-0.39, 0.29) is 11.7 Å². The first-order valence-electron chi connectivity index (χ1n) is 10.7. The minimum atomic E-state index is -0.222. The van der Waals surface area contributed by atoms with E-state index in [2.05, 4.69) is 20.7 Å². The molecule has 4 rings (SSSR count). The van der Waals surface area contributed by atoms with Gasteiger partial charge in [-0.3, -0.25) is 4.79 Å². The lowest BCUT2D eigenvalue weighted by atomic mass is 10.1. The van der Waals surface area contributed by atoms with E-state index in [1.54, 1.807) is 20.4 Å². The molecule has 8 nitrogen and oxygen atoms in total. The van der Waals surface area contributed by atoms with E-state index in [1.807, 2.05) is 72.2 Å². The highest BCUT2D eigenvalue weighted by Gasteiger charge is 2.16. The number of methoxy groups -OCH3 is 2. The average molecular weight is 476 g/mol. The second-order valence-corrected chi connectivity index (χ2v) is 8.21. The number of aromatic nitrogens is 3. The number of rotatable bonds is 9. The van der Waals surface area contributed by atoms with Gasteiger partial charge in [-0.05, 0) is 35.9 Å². The number of nitrogens with one attached hydrogen (secondary N) is 1. The lowest BCUT2D eigenvalue weighted by molar-refractivity contribution is -0.118. The molecule has 174 valence electrons. The summed E-state index contributed by atoms with van der Waals surface area (Å²) < 4.78 is 12.7. The quantitative estimate of drug-likeness (QED) is 0.220. The van der Waals surface area contributed by atoms with E-state index < -0.39 is 0 Å². The molecular formula is C25H25N5O3S. The summed E-state index contributed by atoms with van der Waals surface area (Å²) in [5.74, 6) is 1.89. The predicted molar refractivity (Wildman–Crippen MR) is 135 cm³/mol. The van der Waals surface area contributed by atoms with Crippen molar-refractivity contribution in [2.45, 2.75) is 18.6 Å². The Labute approximate surface area is 202 Å². The van der Waals surface area contributed by atoms with Crippen molar-refractivity contribution in [2.24, 2.45) is 5.10 Å². The molecule has 0 atom stereocenters. The second-order valence-electron chi connectivity index (χ2n) is 7.27. The highest BCUT2D eigenvalue weighted by atomic mass is 32.2. The standard InChI is InChI=1S/C25H25N5O3S/c1-4-30-24(18-12-13-21(32-2)22(14-18)33-3)28-29-25(30)34-16-23(31)27-26-15-19-10-7-9-17-8-5-6-11-20(17)19/h5-15H,4,16H2,1-3H3,(H,27,31). The number of hydrogen-bond acceptors (Lipinski definition) is 7. The summed E-state index contributed by atoms with van der Waals surface area (Å²) in [6.07, 6.45) is 1.66. The summed E-state index contributed by atoms with van der Waals surface area (Å²) >= 11 is 1.31. The van der Waals surface area contributed by atoms with Crippen LogP contribution in [-0.4, -0.2) is 46.9 Å². The smallest absolute Gasteiger partial charge is 0.250 e. The van der Waals surface area contributed by atoms with Crippen molar-refractivity contribution < 1.29 is 14.3 Å². The molecule has 1 N–H and O–H groups in total. The van der Waals surface area contributed by atoms with Gasteiger partial charge in [-0.2, -0.15) is 5.10 Å². The van der Waals surface area contributed by atoms with Crippen molar-refractivity contribution in [1.82, 2.24) is 20.2 Å². The van der Waals surface area contributed by atoms with Gasteiger partial charge in [-0.1, -0.05) is 54.2 Å². The number of carbonyl (C=O) groups excluding carboxylic acids is 1. The molecule has 0 spiro atoms. The van der Waals surface area contributed by atoms with Crippen LogP contribution in [0.5, 0.6) is 11.5 Å². The molecule has 3 aromatic carbocycles. The summed E-state index contributed by atoms with van der Waals surface area (Å²) in [5, 5.41) is 15.6. The van der Waals surface area contributed by atoms with Crippen molar-refractivity contribution >= 4 is 34.7 Å². The zero-order chi connectivity index (χ0) is 23.9. The van der Waals surface area contributed by atoms with Gasteiger partial charge in [0.1, 0.15) is 0 Å². The van der Waals surface area contributed by atoms with Crippen LogP contribution in [-0.2, 0) is 11.3 Å². The summed E-state index contributed by atoms with van der Waals surface area (Å²) in [4.78, 5) is 12.4. The molecule has 1 heterocycles. The fraction of sp³-hybridized carbons (Fsp3) is 0.200. The van der Waals surface area contributed by atoms with Gasteiger partial charge < -0.3 is 14.0 Å². The number of fused-ring (bicyclic) bond motifs is 1. The third-order valence-electron chi connectivity index (χ3n) is 5.22. The molecule has 0 aliphatic heterocycles. The van der Waals surface area contributed by atoms with Crippen molar-refractivity contribution in [3.63, 3.8) is 0 Å². The van der Waals surface area contributed by atoms with Crippen molar-refractivity contribution in [3.8, 4) is 22.9 Å². The van der Waals surface area contributed by atoms with Crippen molar-refractivity contribution in [3.05, 3.63) is 66.2 Å². The molecule has 1 aromatic heterocycles. The molecular weight excluding hydrogens is 450 g/mol. The van der Waals surface area contributed by atoms with Crippen LogP contribution in [0, 0.1) is 0 Å². The van der Waals surface area contributed by atoms with Gasteiger partial charge >= 0.3 is 0 Å². The maximum atomic E-state index is 12.4. The van der Waals surface area contributed by atoms with Crippen LogP contribution < -0.4 is 14.9 Å². The minimum Gasteiger partial charge on any atom is -0.493 e. The summed E-state index contributed by atoms with van der Waals surface area (Å²) in [6.45, 7) is 2.66. The molecule has 0 aliphatic carbocycles. The molecule has 0 bridgehead atoms. The molecule has 1 amide bonds. The molecule has 9 heteroatoms. The SMILES string of the molecule is CCn1c(SCC(=O)NN=Cc2cccc3ccccc23)nnc1-c1ccc(OC)c(OC)c1. The maximum Gasteiger partial charge on any atom is 0.250 e. The summed E-state index contributed by atoms with van der Waals surface area (Å²) in [6, 6.07) is 19.6. The second kappa shape index (κ2) is 10.8. The van der Waals surface area contributed by atoms with Crippen LogP contribution in [0.2, 0.25) is 0 Å². The third-order valence-corrected chi connectivity index (χ3v) is 6.19. The van der Waals surface area contributed by atoms with Gasteiger partial charge in [0.25, 0.3) is 5.91 Å². The number of amides is 1.